The van der Waals surface area contributed by atoms with Crippen LogP contribution in [0.3, 0.4) is 0 Å². The monoisotopic (exact) mass is 315 g/mol. The largest absolute Gasteiger partial charge is 0.495 e. The molecule has 2 unspecified atom stereocenters. The standard InChI is InChI=1S/C14H22BrNO2/c1-6-16-10(3)9(2)11-7-8-12(17-4)13(15)14(11)18-5/h7-10,16H,6H2,1-5H3. The lowest BCUT2D eigenvalue weighted by Gasteiger charge is -2.24. The number of nitrogens with one attached hydrogen (secondary N) is 1. The highest BCUT2D eigenvalue weighted by Gasteiger charge is 2.21. The molecule has 0 radical (unpaired) electrons. The normalized spacial score (nSPS) is 14.1. The lowest BCUT2D eigenvalue weighted by molar-refractivity contribution is 0.379. The van der Waals surface area contributed by atoms with Crippen molar-refractivity contribution in [2.75, 3.05) is 20.8 Å². The molecule has 1 N–H and O–H groups in total. The van der Waals surface area contributed by atoms with Crippen LogP contribution in [-0.4, -0.2) is 26.8 Å². The summed E-state index contributed by atoms with van der Waals surface area (Å²) in [5.74, 6) is 2.01. The van der Waals surface area contributed by atoms with Gasteiger partial charge in [-0.05, 0) is 46.9 Å². The van der Waals surface area contributed by atoms with Gasteiger partial charge < -0.3 is 14.8 Å². The Bertz CT molecular complexity index is 396. The van der Waals surface area contributed by atoms with Crippen molar-refractivity contribution >= 4 is 15.9 Å². The zero-order valence-corrected chi connectivity index (χ0v) is 13.3. The highest BCUT2D eigenvalue weighted by atomic mass is 79.9. The highest BCUT2D eigenvalue weighted by Crippen LogP contribution is 2.40. The molecule has 0 aliphatic rings. The summed E-state index contributed by atoms with van der Waals surface area (Å²) < 4.78 is 11.7. The minimum atomic E-state index is 0.363. The second-order valence-electron chi connectivity index (χ2n) is 4.34. The summed E-state index contributed by atoms with van der Waals surface area (Å²) in [5.41, 5.74) is 1.18. The minimum Gasteiger partial charge on any atom is -0.495 e. The Morgan fingerprint density at radius 2 is 1.89 bits per heavy atom. The van der Waals surface area contributed by atoms with Crippen LogP contribution in [0.4, 0.5) is 0 Å². The quantitative estimate of drug-likeness (QED) is 0.870. The fraction of sp³-hybridized carbons (Fsp3) is 0.571. The lowest BCUT2D eigenvalue weighted by Crippen LogP contribution is -2.30. The van der Waals surface area contributed by atoms with Crippen LogP contribution in [0, 0.1) is 0 Å². The molecule has 0 aromatic heterocycles. The van der Waals surface area contributed by atoms with E-state index < -0.39 is 0 Å². The zero-order chi connectivity index (χ0) is 13.7. The Morgan fingerprint density at radius 3 is 2.39 bits per heavy atom. The van der Waals surface area contributed by atoms with Gasteiger partial charge in [-0.3, -0.25) is 0 Å². The molecule has 0 saturated carbocycles. The Balaban J connectivity index is 3.12. The van der Waals surface area contributed by atoms with Crippen LogP contribution < -0.4 is 14.8 Å². The van der Waals surface area contributed by atoms with Crippen LogP contribution in [0.1, 0.15) is 32.3 Å². The number of ether oxygens (including phenoxy) is 2. The smallest absolute Gasteiger partial charge is 0.140 e. The molecule has 0 heterocycles. The molecule has 0 bridgehead atoms. The Morgan fingerprint density at radius 1 is 1.22 bits per heavy atom. The second-order valence-corrected chi connectivity index (χ2v) is 5.13. The van der Waals surface area contributed by atoms with Crippen LogP contribution in [0.2, 0.25) is 0 Å². The van der Waals surface area contributed by atoms with Gasteiger partial charge >= 0.3 is 0 Å². The molecule has 18 heavy (non-hydrogen) atoms. The Kier molecular flexibility index (Phi) is 5.96. The zero-order valence-electron chi connectivity index (χ0n) is 11.7. The van der Waals surface area contributed by atoms with Crippen molar-refractivity contribution in [3.8, 4) is 11.5 Å². The summed E-state index contributed by atoms with van der Waals surface area (Å²) in [6.45, 7) is 7.46. The maximum Gasteiger partial charge on any atom is 0.140 e. The lowest BCUT2D eigenvalue weighted by atomic mass is 9.93. The number of halogens is 1. The summed E-state index contributed by atoms with van der Waals surface area (Å²) in [4.78, 5) is 0. The highest BCUT2D eigenvalue weighted by molar-refractivity contribution is 9.10. The van der Waals surface area contributed by atoms with E-state index in [-0.39, 0.29) is 0 Å². The predicted molar refractivity (Wildman–Crippen MR) is 78.8 cm³/mol. The van der Waals surface area contributed by atoms with E-state index in [0.29, 0.717) is 12.0 Å². The maximum atomic E-state index is 5.51. The van der Waals surface area contributed by atoms with Crippen molar-refractivity contribution in [1.29, 1.82) is 0 Å². The average molecular weight is 316 g/mol. The second kappa shape index (κ2) is 7.00. The molecule has 0 saturated heterocycles. The van der Waals surface area contributed by atoms with Crippen molar-refractivity contribution in [3.05, 3.63) is 22.2 Å². The molecular formula is C14H22BrNO2. The van der Waals surface area contributed by atoms with E-state index in [9.17, 15) is 0 Å². The van der Waals surface area contributed by atoms with Gasteiger partial charge in [-0.15, -0.1) is 0 Å². The molecule has 1 rings (SSSR count). The first-order valence-electron chi connectivity index (χ1n) is 6.20. The van der Waals surface area contributed by atoms with Crippen molar-refractivity contribution < 1.29 is 9.47 Å². The molecule has 102 valence electrons. The number of hydrogen-bond acceptors (Lipinski definition) is 3. The van der Waals surface area contributed by atoms with Crippen LogP contribution in [0.5, 0.6) is 11.5 Å². The molecule has 1 aromatic rings. The maximum absolute atomic E-state index is 5.51. The molecule has 0 aliphatic carbocycles. The van der Waals surface area contributed by atoms with E-state index in [1.54, 1.807) is 14.2 Å². The third-order valence-corrected chi connectivity index (χ3v) is 4.03. The predicted octanol–water partition coefficient (Wildman–Crippen LogP) is 3.57. The molecule has 3 nitrogen and oxygen atoms in total. The van der Waals surface area contributed by atoms with Crippen LogP contribution in [0.15, 0.2) is 16.6 Å². The first-order valence-corrected chi connectivity index (χ1v) is 6.99. The third-order valence-electron chi connectivity index (χ3n) is 3.28. The van der Waals surface area contributed by atoms with E-state index in [2.05, 4.69) is 48.1 Å². The molecule has 0 fully saturated rings. The molecule has 0 aliphatic heterocycles. The molecule has 0 amide bonds. The van der Waals surface area contributed by atoms with Crippen LogP contribution in [-0.2, 0) is 0 Å². The molecule has 0 spiro atoms. The summed E-state index contributed by atoms with van der Waals surface area (Å²) in [6.07, 6.45) is 0. The summed E-state index contributed by atoms with van der Waals surface area (Å²) in [7, 11) is 3.34. The summed E-state index contributed by atoms with van der Waals surface area (Å²) >= 11 is 3.54. The van der Waals surface area contributed by atoms with E-state index in [1.807, 2.05) is 6.07 Å². The molecule has 1 aromatic carbocycles. The van der Waals surface area contributed by atoms with Gasteiger partial charge in [-0.25, -0.2) is 0 Å². The van der Waals surface area contributed by atoms with Crippen LogP contribution >= 0.6 is 15.9 Å². The van der Waals surface area contributed by atoms with Gasteiger partial charge in [0.05, 0.1) is 14.2 Å². The number of benzene rings is 1. The Hall–Kier alpha value is -0.740. The van der Waals surface area contributed by atoms with Gasteiger partial charge in [0.1, 0.15) is 16.0 Å². The number of likely N-dealkylation sites (N-methyl/N-ethyl adjacent to an activating group) is 1. The topological polar surface area (TPSA) is 30.5 Å². The first kappa shape index (κ1) is 15.3. The fourth-order valence-electron chi connectivity index (χ4n) is 2.04. The van der Waals surface area contributed by atoms with E-state index in [0.717, 1.165) is 22.5 Å². The van der Waals surface area contributed by atoms with Gasteiger partial charge in [0, 0.05) is 6.04 Å². The van der Waals surface area contributed by atoms with Gasteiger partial charge in [0.15, 0.2) is 0 Å². The van der Waals surface area contributed by atoms with Crippen molar-refractivity contribution in [3.63, 3.8) is 0 Å². The van der Waals surface area contributed by atoms with Crippen molar-refractivity contribution in [2.45, 2.75) is 32.7 Å². The van der Waals surface area contributed by atoms with E-state index >= 15 is 0 Å². The first-order chi connectivity index (χ1) is 8.56. The van der Waals surface area contributed by atoms with Gasteiger partial charge in [-0.2, -0.15) is 0 Å². The molecule has 4 heteroatoms. The van der Waals surface area contributed by atoms with Gasteiger partial charge in [-0.1, -0.05) is 19.9 Å². The summed E-state index contributed by atoms with van der Waals surface area (Å²) in [6, 6.07) is 4.43. The van der Waals surface area contributed by atoms with E-state index in [4.69, 9.17) is 9.47 Å². The number of methoxy groups -OCH3 is 2. The summed E-state index contributed by atoms with van der Waals surface area (Å²) in [5, 5.41) is 3.44. The fourth-order valence-corrected chi connectivity index (χ4v) is 2.73. The molecule has 2 atom stereocenters. The van der Waals surface area contributed by atoms with Gasteiger partial charge in [0.25, 0.3) is 0 Å². The average Bonchev–Trinajstić information content (AvgIpc) is 2.37. The SMILES string of the molecule is CCNC(C)C(C)c1ccc(OC)c(Br)c1OC. The van der Waals surface area contributed by atoms with Gasteiger partial charge in [0.2, 0.25) is 0 Å². The van der Waals surface area contributed by atoms with Crippen molar-refractivity contribution in [1.82, 2.24) is 5.32 Å². The molecular weight excluding hydrogens is 294 g/mol. The number of rotatable bonds is 6. The van der Waals surface area contributed by atoms with E-state index in [1.165, 1.54) is 5.56 Å². The number of hydrogen-bond donors (Lipinski definition) is 1. The van der Waals surface area contributed by atoms with Crippen LogP contribution in [0.25, 0.3) is 0 Å². The van der Waals surface area contributed by atoms with Crippen molar-refractivity contribution in [2.24, 2.45) is 0 Å². The third kappa shape index (κ3) is 3.18. The Labute approximate surface area is 118 Å². The minimum absolute atomic E-state index is 0.363.